The first-order chi connectivity index (χ1) is 19.1. The van der Waals surface area contributed by atoms with E-state index in [-0.39, 0.29) is 30.1 Å². The molecule has 0 aliphatic rings. The maximum absolute atomic E-state index is 14.9. The Morgan fingerprint density at radius 2 is 0.974 bits per heavy atom. The summed E-state index contributed by atoms with van der Waals surface area (Å²) in [6.07, 6.45) is -0.0113. The molecule has 0 aliphatic heterocycles. The number of carbonyl (C=O) groups is 2. The quantitative estimate of drug-likeness (QED) is 0.161. The molecule has 0 radical (unpaired) electrons. The molecule has 0 fully saturated rings. The van der Waals surface area contributed by atoms with E-state index in [0.29, 0.717) is 21.7 Å². The van der Waals surface area contributed by atoms with Crippen LogP contribution in [-0.4, -0.2) is 22.9 Å². The Morgan fingerprint density at radius 3 is 1.51 bits per heavy atom. The summed E-state index contributed by atoms with van der Waals surface area (Å²) in [7, 11) is -3.27. The topological polar surface area (TPSA) is 54.5 Å². The van der Waals surface area contributed by atoms with E-state index >= 15 is 0 Å². The molecule has 192 valence electrons. The molecule has 0 atom stereocenters. The van der Waals surface area contributed by atoms with Crippen molar-refractivity contribution in [1.82, 2.24) is 4.90 Å². The van der Waals surface area contributed by atoms with E-state index in [1.807, 2.05) is 97.1 Å². The molecular formula is C34H28NO3P. The van der Waals surface area contributed by atoms with Crippen molar-refractivity contribution in [3.05, 3.63) is 168 Å². The van der Waals surface area contributed by atoms with E-state index in [9.17, 15) is 14.2 Å². The van der Waals surface area contributed by atoms with Crippen LogP contribution in [0.1, 0.15) is 31.8 Å². The second-order valence-electron chi connectivity index (χ2n) is 9.28. The number of nitrogens with zero attached hydrogens (tertiary/aromatic N) is 1. The summed E-state index contributed by atoms with van der Waals surface area (Å²) in [5.41, 5.74) is 2.02. The van der Waals surface area contributed by atoms with E-state index in [2.05, 4.69) is 0 Å². The average molecular weight is 530 g/mol. The lowest BCUT2D eigenvalue weighted by Gasteiger charge is -2.29. The number of amides is 1. The van der Waals surface area contributed by atoms with Crippen LogP contribution in [0.25, 0.3) is 0 Å². The Kier molecular flexibility index (Phi) is 7.96. The molecule has 0 aliphatic carbocycles. The fourth-order valence-corrected chi connectivity index (χ4v) is 7.30. The second-order valence-corrected chi connectivity index (χ2v) is 12.1. The van der Waals surface area contributed by atoms with Gasteiger partial charge in [-0.05, 0) is 11.6 Å². The Bertz CT molecular complexity index is 1560. The molecule has 5 heteroatoms. The van der Waals surface area contributed by atoms with Crippen LogP contribution < -0.4 is 10.6 Å². The maximum Gasteiger partial charge on any atom is 0.255 e. The first-order valence-corrected chi connectivity index (χ1v) is 14.7. The van der Waals surface area contributed by atoms with Crippen molar-refractivity contribution in [3.63, 3.8) is 0 Å². The van der Waals surface area contributed by atoms with Crippen LogP contribution in [0.5, 0.6) is 0 Å². The van der Waals surface area contributed by atoms with Crippen molar-refractivity contribution in [2.45, 2.75) is 6.54 Å². The van der Waals surface area contributed by atoms with Crippen molar-refractivity contribution in [3.8, 4) is 0 Å². The predicted octanol–water partition coefficient (Wildman–Crippen LogP) is 6.53. The molecule has 0 unspecified atom stereocenters. The molecule has 0 spiro atoms. The van der Waals surface area contributed by atoms with Crippen LogP contribution in [0.4, 0.5) is 0 Å². The monoisotopic (exact) mass is 529 g/mol. The number of ketones is 1. The van der Waals surface area contributed by atoms with Crippen molar-refractivity contribution in [2.24, 2.45) is 0 Å². The molecule has 0 bridgehead atoms. The molecule has 5 aromatic carbocycles. The smallest absolute Gasteiger partial charge is 0.255 e. The Labute approximate surface area is 228 Å². The first-order valence-electron chi connectivity index (χ1n) is 12.8. The number of carbonyl (C=O) groups excluding carboxylic acids is 2. The van der Waals surface area contributed by atoms with Crippen LogP contribution in [0.3, 0.4) is 0 Å². The average Bonchev–Trinajstić information content (AvgIpc) is 3.02. The summed E-state index contributed by atoms with van der Waals surface area (Å²) >= 11 is 0. The fourth-order valence-electron chi connectivity index (χ4n) is 4.66. The number of hydrogen-bond acceptors (Lipinski definition) is 3. The molecule has 4 nitrogen and oxygen atoms in total. The maximum atomic E-state index is 14.9. The number of rotatable bonds is 9. The summed E-state index contributed by atoms with van der Waals surface area (Å²) in [6.45, 7) is 0.247. The molecule has 0 saturated carbocycles. The predicted molar refractivity (Wildman–Crippen MR) is 157 cm³/mol. The minimum absolute atomic E-state index is 0.0113. The summed E-state index contributed by atoms with van der Waals surface area (Å²) in [6, 6.07) is 44.1. The zero-order valence-electron chi connectivity index (χ0n) is 21.4. The first kappa shape index (κ1) is 26.1. The number of hydrogen-bond donors (Lipinski definition) is 0. The van der Waals surface area contributed by atoms with Crippen LogP contribution >= 0.6 is 7.14 Å². The molecule has 5 rings (SSSR count). The van der Waals surface area contributed by atoms with E-state index in [0.717, 1.165) is 5.56 Å². The van der Waals surface area contributed by atoms with Gasteiger partial charge in [-0.3, -0.25) is 9.59 Å². The molecule has 0 heterocycles. The van der Waals surface area contributed by atoms with Crippen molar-refractivity contribution < 1.29 is 14.2 Å². The van der Waals surface area contributed by atoms with Gasteiger partial charge in [-0.1, -0.05) is 140 Å². The molecule has 0 aromatic heterocycles. The lowest BCUT2D eigenvalue weighted by atomic mass is 9.97. The summed E-state index contributed by atoms with van der Waals surface area (Å²) in [5.74, 6) is -0.570. The van der Waals surface area contributed by atoms with E-state index in [1.165, 1.54) is 0 Å². The Morgan fingerprint density at radius 1 is 0.538 bits per heavy atom. The van der Waals surface area contributed by atoms with Crippen molar-refractivity contribution in [2.75, 3.05) is 6.29 Å². The van der Waals surface area contributed by atoms with Crippen LogP contribution in [0.15, 0.2) is 146 Å². The van der Waals surface area contributed by atoms with Crippen LogP contribution in [0, 0.1) is 0 Å². The number of benzene rings is 5. The van der Waals surface area contributed by atoms with Gasteiger partial charge in [-0.2, -0.15) is 0 Å². The summed E-state index contributed by atoms with van der Waals surface area (Å²) < 4.78 is 14.9. The normalized spacial score (nSPS) is 11.1. The van der Waals surface area contributed by atoms with E-state index in [4.69, 9.17) is 0 Å². The fraction of sp³-hybridized carbons (Fsp3) is 0.0588. The zero-order valence-corrected chi connectivity index (χ0v) is 22.3. The molecular weight excluding hydrogens is 501 g/mol. The van der Waals surface area contributed by atoms with Gasteiger partial charge in [0.15, 0.2) is 12.9 Å². The van der Waals surface area contributed by atoms with Crippen molar-refractivity contribution in [1.29, 1.82) is 0 Å². The molecule has 1 amide bonds. The molecule has 0 N–H and O–H groups in total. The van der Waals surface area contributed by atoms with E-state index < -0.39 is 7.14 Å². The highest BCUT2D eigenvalue weighted by Crippen LogP contribution is 2.44. The summed E-state index contributed by atoms with van der Waals surface area (Å²) in [4.78, 5) is 29.4. The van der Waals surface area contributed by atoms with Gasteiger partial charge in [0.05, 0.1) is 11.8 Å². The summed E-state index contributed by atoms with van der Waals surface area (Å²) in [5, 5.41) is 1.35. The third kappa shape index (κ3) is 5.82. The SMILES string of the molecule is O=C(c1ccccc1)c1ccccc1C(=O)N(Cc1ccccc1)CP(=O)(c1ccccc1)c1ccccc1. The minimum Gasteiger partial charge on any atom is -0.326 e. The van der Waals surface area contributed by atoms with Gasteiger partial charge in [0, 0.05) is 28.3 Å². The third-order valence-electron chi connectivity index (χ3n) is 6.66. The molecule has 39 heavy (non-hydrogen) atoms. The highest BCUT2D eigenvalue weighted by Gasteiger charge is 2.33. The van der Waals surface area contributed by atoms with Crippen LogP contribution in [0.2, 0.25) is 0 Å². The Balaban J connectivity index is 1.60. The van der Waals surface area contributed by atoms with Gasteiger partial charge in [0.1, 0.15) is 0 Å². The van der Waals surface area contributed by atoms with Gasteiger partial charge in [0.25, 0.3) is 5.91 Å². The standard InChI is InChI=1S/C34H28NO3P/c36-33(28-17-7-2-8-18-28)31-23-13-14-24-32(31)34(37)35(25-27-15-5-1-6-16-27)26-39(38,29-19-9-3-10-20-29)30-21-11-4-12-22-30/h1-24H,25-26H2. The Hall–Kier alpha value is -4.53. The lowest BCUT2D eigenvalue weighted by molar-refractivity contribution is 0.0768. The van der Waals surface area contributed by atoms with Crippen LogP contribution in [-0.2, 0) is 11.1 Å². The lowest BCUT2D eigenvalue weighted by Crippen LogP contribution is -2.36. The van der Waals surface area contributed by atoms with Gasteiger partial charge in [0.2, 0.25) is 0 Å². The molecule has 5 aromatic rings. The highest BCUT2D eigenvalue weighted by molar-refractivity contribution is 7.78. The minimum atomic E-state index is -3.27. The third-order valence-corrected chi connectivity index (χ3v) is 9.66. The van der Waals surface area contributed by atoms with E-state index in [1.54, 1.807) is 53.4 Å². The van der Waals surface area contributed by atoms with Gasteiger partial charge >= 0.3 is 0 Å². The highest BCUT2D eigenvalue weighted by atomic mass is 31.2. The zero-order chi connectivity index (χ0) is 27.1. The van der Waals surface area contributed by atoms with Gasteiger partial charge in [-0.15, -0.1) is 0 Å². The molecule has 0 saturated heterocycles. The van der Waals surface area contributed by atoms with Gasteiger partial charge in [-0.25, -0.2) is 0 Å². The largest absolute Gasteiger partial charge is 0.326 e. The van der Waals surface area contributed by atoms with Gasteiger partial charge < -0.3 is 9.46 Å². The second kappa shape index (κ2) is 11.9. The van der Waals surface area contributed by atoms with Crippen molar-refractivity contribution >= 4 is 29.4 Å².